The predicted octanol–water partition coefficient (Wildman–Crippen LogP) is 1.33. The van der Waals surface area contributed by atoms with Gasteiger partial charge in [0.1, 0.15) is 0 Å². The molecule has 0 radical (unpaired) electrons. The molecule has 1 saturated heterocycles. The van der Waals surface area contributed by atoms with Crippen LogP contribution in [-0.4, -0.2) is 47.1 Å². The highest BCUT2D eigenvalue weighted by molar-refractivity contribution is 5.82. The van der Waals surface area contributed by atoms with Gasteiger partial charge in [0.25, 0.3) is 0 Å². The molecule has 110 valence electrons. The van der Waals surface area contributed by atoms with Crippen molar-refractivity contribution in [2.45, 2.75) is 46.6 Å². The molecule has 1 rings (SSSR count). The van der Waals surface area contributed by atoms with Crippen molar-refractivity contribution in [1.82, 2.24) is 10.2 Å². The minimum absolute atomic E-state index is 0.0151. The van der Waals surface area contributed by atoms with E-state index < -0.39 is 11.4 Å². The van der Waals surface area contributed by atoms with Crippen molar-refractivity contribution in [2.24, 2.45) is 11.3 Å². The van der Waals surface area contributed by atoms with Gasteiger partial charge in [-0.15, -0.1) is 0 Å². The van der Waals surface area contributed by atoms with E-state index in [2.05, 4.69) is 5.32 Å². The van der Waals surface area contributed by atoms with Crippen LogP contribution < -0.4 is 5.32 Å². The number of carboxylic acid groups (broad SMARTS) is 1. The van der Waals surface area contributed by atoms with Gasteiger partial charge in [0.15, 0.2) is 0 Å². The minimum atomic E-state index is -0.790. The van der Waals surface area contributed by atoms with Gasteiger partial charge in [-0.3, -0.25) is 9.59 Å². The quantitative estimate of drug-likeness (QED) is 0.808. The smallest absolute Gasteiger partial charge is 0.311 e. The highest BCUT2D eigenvalue weighted by Crippen LogP contribution is 2.38. The van der Waals surface area contributed by atoms with Gasteiger partial charge >= 0.3 is 5.97 Å². The van der Waals surface area contributed by atoms with Gasteiger partial charge in [-0.1, -0.05) is 13.8 Å². The number of rotatable bonds is 4. The molecule has 0 spiro atoms. The van der Waals surface area contributed by atoms with E-state index >= 15 is 0 Å². The van der Waals surface area contributed by atoms with E-state index in [1.165, 1.54) is 0 Å². The summed E-state index contributed by atoms with van der Waals surface area (Å²) in [5.41, 5.74) is -0.894. The number of likely N-dealkylation sites (tertiary alicyclic amines) is 1. The first-order valence-corrected chi connectivity index (χ1v) is 6.85. The Kier molecular flexibility index (Phi) is 4.61. The zero-order chi connectivity index (χ0) is 14.8. The molecule has 0 bridgehead atoms. The summed E-state index contributed by atoms with van der Waals surface area (Å²) in [5, 5.41) is 12.6. The standard InChI is InChI=1S/C14H26N2O3/c1-10(2)14(12(18)19)6-7-16(9-14)11(17)8-15-13(3,4)5/h10,15H,6-9H2,1-5H3,(H,18,19). The lowest BCUT2D eigenvalue weighted by Crippen LogP contribution is -2.46. The Morgan fingerprint density at radius 2 is 1.95 bits per heavy atom. The molecule has 5 nitrogen and oxygen atoms in total. The van der Waals surface area contributed by atoms with E-state index in [0.717, 1.165) is 0 Å². The first kappa shape index (κ1) is 16.0. The lowest BCUT2D eigenvalue weighted by Gasteiger charge is -2.29. The van der Waals surface area contributed by atoms with Crippen molar-refractivity contribution < 1.29 is 14.7 Å². The highest BCUT2D eigenvalue weighted by atomic mass is 16.4. The number of carboxylic acids is 1. The molecular weight excluding hydrogens is 244 g/mol. The van der Waals surface area contributed by atoms with Crippen molar-refractivity contribution in [3.8, 4) is 0 Å². The van der Waals surface area contributed by atoms with Crippen LogP contribution in [0.2, 0.25) is 0 Å². The fraction of sp³-hybridized carbons (Fsp3) is 0.857. The van der Waals surface area contributed by atoms with Crippen molar-refractivity contribution >= 4 is 11.9 Å². The fourth-order valence-electron chi connectivity index (χ4n) is 2.39. The summed E-state index contributed by atoms with van der Waals surface area (Å²) in [5.74, 6) is -0.779. The van der Waals surface area contributed by atoms with Crippen molar-refractivity contribution in [3.05, 3.63) is 0 Å². The Hall–Kier alpha value is -1.10. The number of nitrogens with one attached hydrogen (secondary N) is 1. The maximum Gasteiger partial charge on any atom is 0.311 e. The zero-order valence-electron chi connectivity index (χ0n) is 12.6. The molecule has 0 aliphatic carbocycles. The summed E-state index contributed by atoms with van der Waals surface area (Å²) >= 11 is 0. The Balaban J connectivity index is 2.65. The largest absolute Gasteiger partial charge is 0.481 e. The van der Waals surface area contributed by atoms with Gasteiger partial charge in [-0.25, -0.2) is 0 Å². The molecule has 0 aromatic rings. The summed E-state index contributed by atoms with van der Waals surface area (Å²) < 4.78 is 0. The number of hydrogen-bond acceptors (Lipinski definition) is 3. The lowest BCUT2D eigenvalue weighted by molar-refractivity contribution is -0.151. The Morgan fingerprint density at radius 3 is 2.32 bits per heavy atom. The summed E-state index contributed by atoms with van der Waals surface area (Å²) in [7, 11) is 0. The summed E-state index contributed by atoms with van der Waals surface area (Å²) in [4.78, 5) is 25.3. The Bertz CT molecular complexity index is 360. The van der Waals surface area contributed by atoms with Crippen LogP contribution in [0.4, 0.5) is 0 Å². The highest BCUT2D eigenvalue weighted by Gasteiger charge is 2.48. The number of amides is 1. The minimum Gasteiger partial charge on any atom is -0.481 e. The Labute approximate surface area is 115 Å². The number of hydrogen-bond donors (Lipinski definition) is 2. The molecule has 2 N–H and O–H groups in total. The molecule has 1 heterocycles. The van der Waals surface area contributed by atoms with Gasteiger partial charge in [0, 0.05) is 18.6 Å². The predicted molar refractivity (Wildman–Crippen MR) is 73.9 cm³/mol. The number of aliphatic carboxylic acids is 1. The molecule has 19 heavy (non-hydrogen) atoms. The van der Waals surface area contributed by atoms with Crippen LogP contribution in [-0.2, 0) is 9.59 Å². The molecular formula is C14H26N2O3. The third-order valence-corrected chi connectivity index (χ3v) is 3.95. The SMILES string of the molecule is CC(C)C1(C(=O)O)CCN(C(=O)CNC(C)(C)C)C1. The molecule has 1 fully saturated rings. The van der Waals surface area contributed by atoms with Gasteiger partial charge in [-0.2, -0.15) is 0 Å². The van der Waals surface area contributed by atoms with E-state index in [1.54, 1.807) is 4.90 Å². The van der Waals surface area contributed by atoms with E-state index in [1.807, 2.05) is 34.6 Å². The van der Waals surface area contributed by atoms with E-state index in [-0.39, 0.29) is 23.9 Å². The van der Waals surface area contributed by atoms with Gasteiger partial charge in [0.2, 0.25) is 5.91 Å². The van der Waals surface area contributed by atoms with Crippen molar-refractivity contribution in [2.75, 3.05) is 19.6 Å². The zero-order valence-corrected chi connectivity index (χ0v) is 12.6. The number of carbonyl (C=O) groups is 2. The maximum atomic E-state index is 12.1. The maximum absolute atomic E-state index is 12.1. The summed E-state index contributed by atoms with van der Waals surface area (Å²) in [6.45, 7) is 10.9. The van der Waals surface area contributed by atoms with E-state index in [4.69, 9.17) is 0 Å². The molecule has 5 heteroatoms. The summed E-state index contributed by atoms with van der Waals surface area (Å²) in [6.07, 6.45) is 0.543. The third kappa shape index (κ3) is 3.69. The van der Waals surface area contributed by atoms with Crippen molar-refractivity contribution in [1.29, 1.82) is 0 Å². The molecule has 1 aliphatic heterocycles. The molecule has 0 saturated carbocycles. The Morgan fingerprint density at radius 1 is 1.37 bits per heavy atom. The van der Waals surface area contributed by atoms with Crippen LogP contribution in [0.3, 0.4) is 0 Å². The fourth-order valence-corrected chi connectivity index (χ4v) is 2.39. The van der Waals surface area contributed by atoms with Crippen LogP contribution >= 0.6 is 0 Å². The first-order chi connectivity index (χ1) is 8.58. The average Bonchev–Trinajstić information content (AvgIpc) is 2.70. The topological polar surface area (TPSA) is 69.6 Å². The van der Waals surface area contributed by atoms with E-state index in [9.17, 15) is 14.7 Å². The van der Waals surface area contributed by atoms with Crippen molar-refractivity contribution in [3.63, 3.8) is 0 Å². The van der Waals surface area contributed by atoms with Gasteiger partial charge < -0.3 is 15.3 Å². The second kappa shape index (κ2) is 5.49. The normalized spacial score (nSPS) is 24.0. The lowest BCUT2D eigenvalue weighted by atomic mass is 9.76. The number of nitrogens with zero attached hydrogens (tertiary/aromatic N) is 1. The van der Waals surface area contributed by atoms with Crippen LogP contribution in [0, 0.1) is 11.3 Å². The van der Waals surface area contributed by atoms with Gasteiger partial charge in [-0.05, 0) is 33.1 Å². The molecule has 1 amide bonds. The second-order valence-electron chi connectivity index (χ2n) is 6.78. The van der Waals surface area contributed by atoms with Crippen LogP contribution in [0.5, 0.6) is 0 Å². The third-order valence-electron chi connectivity index (χ3n) is 3.95. The second-order valence-corrected chi connectivity index (χ2v) is 6.78. The monoisotopic (exact) mass is 270 g/mol. The van der Waals surface area contributed by atoms with Crippen LogP contribution in [0.1, 0.15) is 41.0 Å². The van der Waals surface area contributed by atoms with Crippen LogP contribution in [0.15, 0.2) is 0 Å². The first-order valence-electron chi connectivity index (χ1n) is 6.85. The molecule has 0 aromatic heterocycles. The van der Waals surface area contributed by atoms with E-state index in [0.29, 0.717) is 19.5 Å². The van der Waals surface area contributed by atoms with Gasteiger partial charge in [0.05, 0.1) is 12.0 Å². The average molecular weight is 270 g/mol. The molecule has 1 aliphatic rings. The number of carbonyl (C=O) groups excluding carboxylic acids is 1. The molecule has 0 aromatic carbocycles. The van der Waals surface area contributed by atoms with Crippen LogP contribution in [0.25, 0.3) is 0 Å². The molecule has 1 atom stereocenters. The molecule has 1 unspecified atom stereocenters. The summed E-state index contributed by atoms with van der Waals surface area (Å²) in [6, 6.07) is 0.